The van der Waals surface area contributed by atoms with Crippen molar-refractivity contribution in [3.05, 3.63) is 29.8 Å². The number of rotatable bonds is 5. The molecule has 1 aliphatic carbocycles. The zero-order valence-electron chi connectivity index (χ0n) is 11.6. The third kappa shape index (κ3) is 3.26. The molecule has 0 aromatic heterocycles. The van der Waals surface area contributed by atoms with Crippen molar-refractivity contribution in [3.8, 4) is 5.75 Å². The summed E-state index contributed by atoms with van der Waals surface area (Å²) in [6.45, 7) is 2.28. The average Bonchev–Trinajstić information content (AvgIpc) is 2.79. The highest BCUT2D eigenvalue weighted by Crippen LogP contribution is 2.37. The first kappa shape index (κ1) is 13.4. The summed E-state index contributed by atoms with van der Waals surface area (Å²) in [4.78, 5) is 0. The summed E-state index contributed by atoms with van der Waals surface area (Å²) in [5.41, 5.74) is 7.95. The fourth-order valence-corrected chi connectivity index (χ4v) is 3.03. The summed E-state index contributed by atoms with van der Waals surface area (Å²) in [6.07, 6.45) is 7.19. The van der Waals surface area contributed by atoms with Crippen LogP contribution < -0.4 is 10.5 Å². The van der Waals surface area contributed by atoms with Gasteiger partial charge in [-0.25, -0.2) is 0 Å². The molecule has 1 saturated carbocycles. The highest BCUT2D eigenvalue weighted by Gasteiger charge is 2.34. The summed E-state index contributed by atoms with van der Waals surface area (Å²) in [6, 6.07) is 8.35. The summed E-state index contributed by atoms with van der Waals surface area (Å²) in [7, 11) is 1.70. The van der Waals surface area contributed by atoms with Gasteiger partial charge in [-0.3, -0.25) is 0 Å². The molecule has 1 fully saturated rings. The summed E-state index contributed by atoms with van der Waals surface area (Å²) >= 11 is 0. The number of methoxy groups -OCH3 is 1. The second-order valence-corrected chi connectivity index (χ2v) is 5.73. The third-order valence-corrected chi connectivity index (χ3v) is 4.39. The Morgan fingerprint density at radius 1 is 1.33 bits per heavy atom. The predicted molar refractivity (Wildman–Crippen MR) is 75.9 cm³/mol. The zero-order chi connectivity index (χ0) is 13.0. The quantitative estimate of drug-likeness (QED) is 0.863. The Kier molecular flexibility index (Phi) is 4.28. The van der Waals surface area contributed by atoms with Crippen molar-refractivity contribution in [2.24, 2.45) is 11.7 Å². The Morgan fingerprint density at radius 2 is 2.06 bits per heavy atom. The number of aryl methyl sites for hydroxylation is 1. The molecule has 1 aromatic rings. The minimum atomic E-state index is 0.0839. The van der Waals surface area contributed by atoms with Gasteiger partial charge in [0.1, 0.15) is 5.75 Å². The van der Waals surface area contributed by atoms with E-state index in [9.17, 15) is 0 Å². The lowest BCUT2D eigenvalue weighted by Gasteiger charge is -2.24. The van der Waals surface area contributed by atoms with Crippen LogP contribution in [0.3, 0.4) is 0 Å². The second-order valence-electron chi connectivity index (χ2n) is 5.73. The van der Waals surface area contributed by atoms with Crippen LogP contribution in [0.1, 0.15) is 44.6 Å². The van der Waals surface area contributed by atoms with Crippen molar-refractivity contribution in [1.29, 1.82) is 0 Å². The van der Waals surface area contributed by atoms with Gasteiger partial charge in [0.2, 0.25) is 0 Å². The molecular formula is C16H25NO. The maximum atomic E-state index is 6.50. The summed E-state index contributed by atoms with van der Waals surface area (Å²) < 4.78 is 5.17. The van der Waals surface area contributed by atoms with E-state index in [-0.39, 0.29) is 5.54 Å². The molecule has 2 nitrogen and oxygen atoms in total. The normalized spacial score (nSPS) is 27.4. The predicted octanol–water partition coefficient (Wildman–Crippen LogP) is 3.54. The van der Waals surface area contributed by atoms with Gasteiger partial charge in [0.25, 0.3) is 0 Å². The molecule has 18 heavy (non-hydrogen) atoms. The fraction of sp³-hybridized carbons (Fsp3) is 0.625. The van der Waals surface area contributed by atoms with E-state index in [0.717, 1.165) is 24.5 Å². The van der Waals surface area contributed by atoms with Crippen molar-refractivity contribution in [1.82, 2.24) is 0 Å². The van der Waals surface area contributed by atoms with Gasteiger partial charge < -0.3 is 10.5 Å². The number of hydrogen-bond acceptors (Lipinski definition) is 2. The Balaban J connectivity index is 1.87. The molecule has 0 saturated heterocycles. The van der Waals surface area contributed by atoms with E-state index in [1.54, 1.807) is 7.11 Å². The number of benzene rings is 1. The minimum absolute atomic E-state index is 0.0839. The summed E-state index contributed by atoms with van der Waals surface area (Å²) in [5, 5.41) is 0. The molecule has 0 bridgehead atoms. The van der Waals surface area contributed by atoms with Gasteiger partial charge in [-0.05, 0) is 55.7 Å². The smallest absolute Gasteiger partial charge is 0.118 e. The largest absolute Gasteiger partial charge is 0.497 e. The molecule has 100 valence electrons. The molecule has 0 radical (unpaired) electrons. The lowest BCUT2D eigenvalue weighted by Crippen LogP contribution is -2.37. The van der Waals surface area contributed by atoms with Crippen LogP contribution in [0.15, 0.2) is 24.3 Å². The molecule has 2 unspecified atom stereocenters. The van der Waals surface area contributed by atoms with Gasteiger partial charge >= 0.3 is 0 Å². The summed E-state index contributed by atoms with van der Waals surface area (Å²) in [5.74, 6) is 1.78. The molecule has 2 atom stereocenters. The third-order valence-electron chi connectivity index (χ3n) is 4.39. The lowest BCUT2D eigenvalue weighted by molar-refractivity contribution is 0.382. The van der Waals surface area contributed by atoms with Crippen LogP contribution in [0.5, 0.6) is 5.75 Å². The SMILES string of the molecule is CCC1CCC(N)(CCc2ccc(OC)cc2)C1. The zero-order valence-corrected chi connectivity index (χ0v) is 11.6. The van der Waals surface area contributed by atoms with Crippen LogP contribution in [0.25, 0.3) is 0 Å². The van der Waals surface area contributed by atoms with E-state index >= 15 is 0 Å². The van der Waals surface area contributed by atoms with E-state index in [1.807, 2.05) is 12.1 Å². The van der Waals surface area contributed by atoms with E-state index in [2.05, 4.69) is 19.1 Å². The number of ether oxygens (including phenoxy) is 1. The molecular weight excluding hydrogens is 222 g/mol. The molecule has 0 aliphatic heterocycles. The Labute approximate surface area is 111 Å². The Morgan fingerprint density at radius 3 is 2.61 bits per heavy atom. The van der Waals surface area contributed by atoms with Gasteiger partial charge in [-0.2, -0.15) is 0 Å². The van der Waals surface area contributed by atoms with Crippen LogP contribution in [0.4, 0.5) is 0 Å². The first-order chi connectivity index (χ1) is 8.65. The van der Waals surface area contributed by atoms with Gasteiger partial charge in [0.15, 0.2) is 0 Å². The van der Waals surface area contributed by atoms with Crippen LogP contribution >= 0.6 is 0 Å². The van der Waals surface area contributed by atoms with Gasteiger partial charge in [0, 0.05) is 5.54 Å². The van der Waals surface area contributed by atoms with E-state index in [4.69, 9.17) is 10.5 Å². The maximum absolute atomic E-state index is 6.50. The van der Waals surface area contributed by atoms with E-state index in [0.29, 0.717) is 0 Å². The van der Waals surface area contributed by atoms with Crippen molar-refractivity contribution >= 4 is 0 Å². The van der Waals surface area contributed by atoms with E-state index in [1.165, 1.54) is 31.2 Å². The first-order valence-corrected chi connectivity index (χ1v) is 7.07. The monoisotopic (exact) mass is 247 g/mol. The topological polar surface area (TPSA) is 35.2 Å². The molecule has 1 aliphatic rings. The van der Waals surface area contributed by atoms with Crippen LogP contribution in [0, 0.1) is 5.92 Å². The van der Waals surface area contributed by atoms with Gasteiger partial charge in [0.05, 0.1) is 7.11 Å². The standard InChI is InChI=1S/C16H25NO/c1-3-13-8-10-16(17,12-13)11-9-14-4-6-15(18-2)7-5-14/h4-7,13H,3,8-12,17H2,1-2H3. The van der Waals surface area contributed by atoms with Crippen molar-refractivity contribution in [2.75, 3.05) is 7.11 Å². The number of nitrogens with two attached hydrogens (primary N) is 1. The van der Waals surface area contributed by atoms with Gasteiger partial charge in [-0.1, -0.05) is 25.5 Å². The first-order valence-electron chi connectivity index (χ1n) is 7.07. The maximum Gasteiger partial charge on any atom is 0.118 e. The van der Waals surface area contributed by atoms with Crippen LogP contribution in [-0.4, -0.2) is 12.6 Å². The molecule has 2 rings (SSSR count). The Bertz CT molecular complexity index is 373. The second kappa shape index (κ2) is 5.75. The lowest BCUT2D eigenvalue weighted by atomic mass is 9.89. The highest BCUT2D eigenvalue weighted by atomic mass is 16.5. The van der Waals surface area contributed by atoms with Crippen molar-refractivity contribution in [2.45, 2.75) is 51.0 Å². The molecule has 1 aromatic carbocycles. The van der Waals surface area contributed by atoms with Crippen LogP contribution in [0.2, 0.25) is 0 Å². The molecule has 0 heterocycles. The molecule has 0 spiro atoms. The van der Waals surface area contributed by atoms with Crippen LogP contribution in [-0.2, 0) is 6.42 Å². The molecule has 0 amide bonds. The van der Waals surface area contributed by atoms with Crippen molar-refractivity contribution < 1.29 is 4.74 Å². The molecule has 2 N–H and O–H groups in total. The number of hydrogen-bond donors (Lipinski definition) is 1. The molecule has 2 heteroatoms. The van der Waals surface area contributed by atoms with E-state index < -0.39 is 0 Å². The van der Waals surface area contributed by atoms with Gasteiger partial charge in [-0.15, -0.1) is 0 Å². The average molecular weight is 247 g/mol. The fourth-order valence-electron chi connectivity index (χ4n) is 3.03. The van der Waals surface area contributed by atoms with Crippen molar-refractivity contribution in [3.63, 3.8) is 0 Å². The highest BCUT2D eigenvalue weighted by molar-refractivity contribution is 5.27. The Hall–Kier alpha value is -1.02. The minimum Gasteiger partial charge on any atom is -0.497 e.